The minimum Gasteiger partial charge on any atom is -0.313 e. The summed E-state index contributed by atoms with van der Waals surface area (Å²) in [6.07, 6.45) is 5.37. The van der Waals surface area contributed by atoms with Gasteiger partial charge < -0.3 is 5.32 Å². The van der Waals surface area contributed by atoms with Crippen LogP contribution in [0, 0.1) is 0 Å². The van der Waals surface area contributed by atoms with E-state index in [1.54, 1.807) is 0 Å². The van der Waals surface area contributed by atoms with E-state index in [9.17, 15) is 8.42 Å². The summed E-state index contributed by atoms with van der Waals surface area (Å²) in [5, 5.41) is 3.50. The third-order valence-corrected chi connectivity index (χ3v) is 4.78. The van der Waals surface area contributed by atoms with Crippen LogP contribution < -0.4 is 5.32 Å². The summed E-state index contributed by atoms with van der Waals surface area (Å²) >= 11 is 1.96. The summed E-state index contributed by atoms with van der Waals surface area (Å²) in [7, 11) is -2.80. The number of hydrogen-bond donors (Lipinski definition) is 1. The fourth-order valence-electron chi connectivity index (χ4n) is 1.55. The molecule has 17 heavy (non-hydrogen) atoms. The molecule has 0 heterocycles. The molecular weight excluding hydrogens is 254 g/mol. The quantitative estimate of drug-likeness (QED) is 0.590. The first-order chi connectivity index (χ1) is 7.99. The second-order valence-corrected chi connectivity index (χ2v) is 7.91. The van der Waals surface area contributed by atoms with Crippen LogP contribution in [0.4, 0.5) is 0 Å². The van der Waals surface area contributed by atoms with Gasteiger partial charge in [0.1, 0.15) is 9.84 Å². The van der Waals surface area contributed by atoms with Gasteiger partial charge in [-0.3, -0.25) is 0 Å². The second kappa shape index (κ2) is 10.2. The van der Waals surface area contributed by atoms with E-state index in [4.69, 9.17) is 0 Å². The van der Waals surface area contributed by atoms with Crippen molar-refractivity contribution in [1.29, 1.82) is 0 Å². The Hall–Kier alpha value is 0.260. The van der Waals surface area contributed by atoms with Crippen molar-refractivity contribution in [3.05, 3.63) is 0 Å². The van der Waals surface area contributed by atoms with Gasteiger partial charge in [-0.25, -0.2) is 8.42 Å². The van der Waals surface area contributed by atoms with Gasteiger partial charge in [0.15, 0.2) is 0 Å². The summed E-state index contributed by atoms with van der Waals surface area (Å²) in [5.74, 6) is 2.60. The molecule has 0 aliphatic carbocycles. The highest BCUT2D eigenvalue weighted by atomic mass is 32.2. The molecule has 1 atom stereocenters. The lowest BCUT2D eigenvalue weighted by Crippen LogP contribution is -2.32. The number of hydrogen-bond acceptors (Lipinski definition) is 4. The molecule has 0 fully saturated rings. The summed E-state index contributed by atoms with van der Waals surface area (Å²) < 4.78 is 22.1. The van der Waals surface area contributed by atoms with E-state index in [2.05, 4.69) is 19.2 Å². The summed E-state index contributed by atoms with van der Waals surface area (Å²) in [5.41, 5.74) is 0. The van der Waals surface area contributed by atoms with Crippen molar-refractivity contribution in [3.8, 4) is 0 Å². The average molecular weight is 281 g/mol. The van der Waals surface area contributed by atoms with E-state index >= 15 is 0 Å². The monoisotopic (exact) mass is 281 g/mol. The third kappa shape index (κ3) is 12.5. The zero-order chi connectivity index (χ0) is 13.1. The van der Waals surface area contributed by atoms with Crippen LogP contribution in [0.2, 0.25) is 0 Å². The Balaban J connectivity index is 3.83. The van der Waals surface area contributed by atoms with Gasteiger partial charge in [0.25, 0.3) is 0 Å². The molecule has 0 rings (SSSR count). The van der Waals surface area contributed by atoms with Crippen LogP contribution in [-0.4, -0.2) is 44.5 Å². The minimum atomic E-state index is -2.80. The Bertz CT molecular complexity index is 266. The van der Waals surface area contributed by atoms with Crippen molar-refractivity contribution in [2.75, 3.05) is 30.1 Å². The first-order valence-corrected chi connectivity index (χ1v) is 9.70. The van der Waals surface area contributed by atoms with Crippen LogP contribution in [0.15, 0.2) is 0 Å². The molecule has 0 aromatic rings. The van der Waals surface area contributed by atoms with Gasteiger partial charge in [-0.05, 0) is 38.0 Å². The standard InChI is InChI=1S/C12H27NO2S2/c1-4-8-13-12(11-16-9-5-2)7-6-10-17(3,14)15/h12-13H,4-11H2,1-3H3. The Morgan fingerprint density at radius 3 is 2.47 bits per heavy atom. The molecule has 3 nitrogen and oxygen atoms in total. The average Bonchev–Trinajstić information content (AvgIpc) is 2.23. The number of thioether (sulfide) groups is 1. The summed E-state index contributed by atoms with van der Waals surface area (Å²) in [6.45, 7) is 5.36. The largest absolute Gasteiger partial charge is 0.313 e. The lowest BCUT2D eigenvalue weighted by Gasteiger charge is -2.17. The van der Waals surface area contributed by atoms with Crippen LogP contribution in [0.1, 0.15) is 39.5 Å². The van der Waals surface area contributed by atoms with Gasteiger partial charge in [0.2, 0.25) is 0 Å². The van der Waals surface area contributed by atoms with Crippen LogP contribution >= 0.6 is 11.8 Å². The molecule has 0 bridgehead atoms. The fraction of sp³-hybridized carbons (Fsp3) is 1.00. The number of nitrogens with one attached hydrogen (secondary N) is 1. The highest BCUT2D eigenvalue weighted by Gasteiger charge is 2.09. The van der Waals surface area contributed by atoms with E-state index in [-0.39, 0.29) is 0 Å². The molecular formula is C12H27NO2S2. The predicted octanol–water partition coefficient (Wildman–Crippen LogP) is 2.32. The maximum atomic E-state index is 11.1. The highest BCUT2D eigenvalue weighted by molar-refractivity contribution is 7.99. The molecule has 0 spiro atoms. The summed E-state index contributed by atoms with van der Waals surface area (Å²) in [6, 6.07) is 0.466. The molecule has 0 saturated heterocycles. The minimum absolute atomic E-state index is 0.315. The van der Waals surface area contributed by atoms with E-state index < -0.39 is 9.84 Å². The highest BCUT2D eigenvalue weighted by Crippen LogP contribution is 2.09. The zero-order valence-electron chi connectivity index (χ0n) is 11.4. The van der Waals surface area contributed by atoms with Gasteiger partial charge >= 0.3 is 0 Å². The molecule has 0 saturated carbocycles. The fourth-order valence-corrected chi connectivity index (χ4v) is 3.27. The van der Waals surface area contributed by atoms with Gasteiger partial charge in [-0.2, -0.15) is 11.8 Å². The number of sulfone groups is 1. The Morgan fingerprint density at radius 1 is 1.24 bits per heavy atom. The van der Waals surface area contributed by atoms with Gasteiger partial charge in [-0.1, -0.05) is 13.8 Å². The molecule has 5 heteroatoms. The topological polar surface area (TPSA) is 46.2 Å². The van der Waals surface area contributed by atoms with E-state index in [0.29, 0.717) is 11.8 Å². The SMILES string of the molecule is CCCNC(CCCS(C)(=O)=O)CSCCC. The van der Waals surface area contributed by atoms with Crippen molar-refractivity contribution >= 4 is 21.6 Å². The zero-order valence-corrected chi connectivity index (χ0v) is 13.0. The first-order valence-electron chi connectivity index (χ1n) is 6.48. The maximum absolute atomic E-state index is 11.1. The lowest BCUT2D eigenvalue weighted by atomic mass is 10.2. The molecule has 0 radical (unpaired) electrons. The number of rotatable bonds is 11. The van der Waals surface area contributed by atoms with E-state index in [1.807, 2.05) is 11.8 Å². The molecule has 0 aromatic heterocycles. The van der Waals surface area contributed by atoms with E-state index in [0.717, 1.165) is 31.6 Å². The van der Waals surface area contributed by atoms with Crippen LogP contribution in [-0.2, 0) is 9.84 Å². The van der Waals surface area contributed by atoms with Gasteiger partial charge in [0.05, 0.1) is 0 Å². The first kappa shape index (κ1) is 17.3. The molecule has 104 valence electrons. The lowest BCUT2D eigenvalue weighted by molar-refractivity contribution is 0.512. The normalized spacial score (nSPS) is 13.8. The molecule has 1 unspecified atom stereocenters. The molecule has 0 aromatic carbocycles. The van der Waals surface area contributed by atoms with E-state index in [1.165, 1.54) is 18.4 Å². The smallest absolute Gasteiger partial charge is 0.147 e. The van der Waals surface area contributed by atoms with Crippen LogP contribution in [0.25, 0.3) is 0 Å². The third-order valence-electron chi connectivity index (χ3n) is 2.42. The van der Waals surface area contributed by atoms with Crippen molar-refractivity contribution in [3.63, 3.8) is 0 Å². The molecule has 1 N–H and O–H groups in total. The Kier molecular flexibility index (Phi) is 10.4. The predicted molar refractivity (Wildman–Crippen MR) is 78.6 cm³/mol. The van der Waals surface area contributed by atoms with Crippen molar-refractivity contribution < 1.29 is 8.42 Å². The van der Waals surface area contributed by atoms with Crippen molar-refractivity contribution in [2.24, 2.45) is 0 Å². The molecule has 0 aliphatic rings. The van der Waals surface area contributed by atoms with Gasteiger partial charge in [0, 0.05) is 23.8 Å². The Morgan fingerprint density at radius 2 is 1.94 bits per heavy atom. The van der Waals surface area contributed by atoms with Crippen molar-refractivity contribution in [2.45, 2.75) is 45.6 Å². The van der Waals surface area contributed by atoms with Crippen molar-refractivity contribution in [1.82, 2.24) is 5.32 Å². The Labute approximate surface area is 111 Å². The van der Waals surface area contributed by atoms with Crippen LogP contribution in [0.5, 0.6) is 0 Å². The van der Waals surface area contributed by atoms with Gasteiger partial charge in [-0.15, -0.1) is 0 Å². The summed E-state index contributed by atoms with van der Waals surface area (Å²) in [4.78, 5) is 0. The van der Waals surface area contributed by atoms with Crippen LogP contribution in [0.3, 0.4) is 0 Å². The molecule has 0 amide bonds. The maximum Gasteiger partial charge on any atom is 0.147 e. The second-order valence-electron chi connectivity index (χ2n) is 4.50. The molecule has 0 aliphatic heterocycles.